The molecule has 0 saturated heterocycles. The molecule has 0 bridgehead atoms. The maximum atomic E-state index is 11.6. The second-order valence-electron chi connectivity index (χ2n) is 5.19. The van der Waals surface area contributed by atoms with Gasteiger partial charge in [0.15, 0.2) is 12.4 Å². The number of benzene rings is 1. The van der Waals surface area contributed by atoms with Gasteiger partial charge in [0.25, 0.3) is 0 Å². The summed E-state index contributed by atoms with van der Waals surface area (Å²) in [6.07, 6.45) is 3.15. The Morgan fingerprint density at radius 2 is 1.83 bits per heavy atom. The molecule has 0 fully saturated rings. The monoisotopic (exact) mass is 313 g/mol. The van der Waals surface area contributed by atoms with Crippen LogP contribution in [0.15, 0.2) is 53.9 Å². The summed E-state index contributed by atoms with van der Waals surface area (Å²) in [4.78, 5) is 20.2. The minimum Gasteiger partial charge on any atom is -0.482 e. The van der Waals surface area contributed by atoms with Crippen LogP contribution in [0, 0.1) is 0 Å². The number of carbonyl (C=O) groups excluding carboxylic acids is 1. The first-order chi connectivity index (χ1) is 11.1. The second kappa shape index (κ2) is 7.93. The molecule has 6 nitrogen and oxygen atoms in total. The summed E-state index contributed by atoms with van der Waals surface area (Å²) >= 11 is 0. The van der Waals surface area contributed by atoms with Gasteiger partial charge in [-0.25, -0.2) is 4.79 Å². The van der Waals surface area contributed by atoms with E-state index in [0.717, 1.165) is 0 Å². The number of ether oxygens (including phenoxy) is 1. The van der Waals surface area contributed by atoms with Crippen LogP contribution in [-0.4, -0.2) is 23.4 Å². The smallest absolute Gasteiger partial charge is 0.372 e. The molecule has 23 heavy (non-hydrogen) atoms. The number of hydrogen-bond acceptors (Lipinski definition) is 5. The van der Waals surface area contributed by atoms with Gasteiger partial charge in [-0.15, -0.1) is 0 Å². The Morgan fingerprint density at radius 1 is 1.17 bits per heavy atom. The van der Waals surface area contributed by atoms with Crippen LogP contribution in [0.2, 0.25) is 0 Å². The Hall–Kier alpha value is -2.89. The Labute approximate surface area is 134 Å². The van der Waals surface area contributed by atoms with Gasteiger partial charge in [-0.05, 0) is 35.7 Å². The van der Waals surface area contributed by atoms with E-state index in [9.17, 15) is 4.79 Å². The summed E-state index contributed by atoms with van der Waals surface area (Å²) < 4.78 is 5.35. The van der Waals surface area contributed by atoms with Gasteiger partial charge >= 0.3 is 5.97 Å². The van der Waals surface area contributed by atoms with Crippen molar-refractivity contribution in [1.82, 2.24) is 4.98 Å². The van der Waals surface area contributed by atoms with E-state index in [4.69, 9.17) is 15.3 Å². The summed E-state index contributed by atoms with van der Waals surface area (Å²) in [6, 6.07) is 10.9. The molecule has 120 valence electrons. The molecule has 6 heteroatoms. The SMILES string of the molecule is CC(C)c1ccc(OCC(=O)O/N=C(\N)c2ccncc2)cc1. The molecule has 0 aliphatic heterocycles. The number of nitrogens with zero attached hydrogens (tertiary/aromatic N) is 2. The third kappa shape index (κ3) is 5.10. The molecule has 0 amide bonds. The highest BCUT2D eigenvalue weighted by atomic mass is 16.7. The van der Waals surface area contributed by atoms with Gasteiger partial charge in [-0.2, -0.15) is 0 Å². The van der Waals surface area contributed by atoms with Gasteiger partial charge in [0.05, 0.1) is 0 Å². The fraction of sp³-hybridized carbons (Fsp3) is 0.235. The van der Waals surface area contributed by atoms with Crippen molar-refractivity contribution in [2.24, 2.45) is 10.9 Å². The van der Waals surface area contributed by atoms with Gasteiger partial charge in [0, 0.05) is 18.0 Å². The third-order valence-electron chi connectivity index (χ3n) is 3.13. The lowest BCUT2D eigenvalue weighted by Gasteiger charge is -2.07. The number of pyridine rings is 1. The number of oxime groups is 1. The van der Waals surface area contributed by atoms with E-state index in [1.165, 1.54) is 5.56 Å². The maximum absolute atomic E-state index is 11.6. The fourth-order valence-electron chi connectivity index (χ4n) is 1.79. The molecule has 0 spiro atoms. The van der Waals surface area contributed by atoms with E-state index in [1.54, 1.807) is 24.5 Å². The molecule has 1 aromatic carbocycles. The first kappa shape index (κ1) is 16.5. The van der Waals surface area contributed by atoms with Gasteiger partial charge < -0.3 is 15.3 Å². The molecule has 1 aromatic heterocycles. The van der Waals surface area contributed by atoms with Crippen LogP contribution in [0.4, 0.5) is 0 Å². The van der Waals surface area contributed by atoms with Gasteiger partial charge in [-0.3, -0.25) is 4.98 Å². The Kier molecular flexibility index (Phi) is 5.68. The molecule has 0 aliphatic rings. The van der Waals surface area contributed by atoms with Crippen molar-refractivity contribution >= 4 is 11.8 Å². The minimum absolute atomic E-state index is 0.0991. The lowest BCUT2D eigenvalue weighted by molar-refractivity contribution is -0.146. The van der Waals surface area contributed by atoms with Crippen molar-refractivity contribution < 1.29 is 14.4 Å². The molecule has 0 aliphatic carbocycles. The Morgan fingerprint density at radius 3 is 2.43 bits per heavy atom. The predicted molar refractivity (Wildman–Crippen MR) is 87.1 cm³/mol. The van der Waals surface area contributed by atoms with Crippen molar-refractivity contribution in [3.8, 4) is 5.75 Å². The summed E-state index contributed by atoms with van der Waals surface area (Å²) in [5.41, 5.74) is 7.53. The van der Waals surface area contributed by atoms with Crippen LogP contribution in [0.1, 0.15) is 30.9 Å². The van der Waals surface area contributed by atoms with E-state index in [0.29, 0.717) is 17.2 Å². The average molecular weight is 313 g/mol. The predicted octanol–water partition coefficient (Wildman–Crippen LogP) is 2.45. The second-order valence-corrected chi connectivity index (χ2v) is 5.19. The molecule has 0 unspecified atom stereocenters. The highest BCUT2D eigenvalue weighted by Gasteiger charge is 2.06. The number of rotatable bonds is 6. The summed E-state index contributed by atoms with van der Waals surface area (Å²) in [6.45, 7) is 3.98. The zero-order valence-electron chi connectivity index (χ0n) is 13.1. The van der Waals surface area contributed by atoms with Crippen LogP contribution in [0.3, 0.4) is 0 Å². The number of carbonyl (C=O) groups is 1. The number of nitrogens with two attached hydrogens (primary N) is 1. The normalized spacial score (nSPS) is 11.3. The van der Waals surface area contributed by atoms with Gasteiger partial charge in [0.1, 0.15) is 5.75 Å². The van der Waals surface area contributed by atoms with Crippen molar-refractivity contribution in [2.45, 2.75) is 19.8 Å². The quantitative estimate of drug-likeness (QED) is 0.383. The topological polar surface area (TPSA) is 86.8 Å². The zero-order valence-corrected chi connectivity index (χ0v) is 13.1. The number of hydrogen-bond donors (Lipinski definition) is 1. The molecular weight excluding hydrogens is 294 g/mol. The number of amidine groups is 1. The molecule has 1 heterocycles. The highest BCUT2D eigenvalue weighted by Crippen LogP contribution is 2.18. The minimum atomic E-state index is -0.630. The Bertz CT molecular complexity index is 667. The molecular formula is C17H19N3O3. The van der Waals surface area contributed by atoms with E-state index in [-0.39, 0.29) is 12.4 Å². The summed E-state index contributed by atoms with van der Waals surface area (Å²) in [7, 11) is 0. The highest BCUT2D eigenvalue weighted by molar-refractivity contribution is 5.97. The van der Waals surface area contributed by atoms with Crippen molar-refractivity contribution in [3.05, 3.63) is 59.9 Å². The zero-order chi connectivity index (χ0) is 16.7. The molecule has 2 N–H and O–H groups in total. The average Bonchev–Trinajstić information content (AvgIpc) is 2.59. The van der Waals surface area contributed by atoms with E-state index in [2.05, 4.69) is 24.0 Å². The molecule has 0 saturated carbocycles. The van der Waals surface area contributed by atoms with Crippen molar-refractivity contribution in [1.29, 1.82) is 0 Å². The first-order valence-electron chi connectivity index (χ1n) is 7.22. The lowest BCUT2D eigenvalue weighted by Crippen LogP contribution is -2.18. The first-order valence-corrected chi connectivity index (χ1v) is 7.22. The van der Waals surface area contributed by atoms with E-state index >= 15 is 0 Å². The van der Waals surface area contributed by atoms with Crippen LogP contribution in [0.5, 0.6) is 5.75 Å². The van der Waals surface area contributed by atoms with Crippen molar-refractivity contribution in [2.75, 3.05) is 6.61 Å². The van der Waals surface area contributed by atoms with Crippen molar-refractivity contribution in [3.63, 3.8) is 0 Å². The standard InChI is InChI=1S/C17H19N3O3/c1-12(2)13-3-5-15(6-4-13)22-11-16(21)23-20-17(18)14-7-9-19-10-8-14/h3-10,12H,11H2,1-2H3,(H2,18,20). The van der Waals surface area contributed by atoms with Crippen LogP contribution >= 0.6 is 0 Å². The molecule has 2 rings (SSSR count). The van der Waals surface area contributed by atoms with E-state index < -0.39 is 5.97 Å². The molecule has 2 aromatic rings. The van der Waals surface area contributed by atoms with E-state index in [1.807, 2.05) is 24.3 Å². The molecule has 0 atom stereocenters. The summed E-state index contributed by atoms with van der Waals surface area (Å²) in [5.74, 6) is 0.508. The molecule has 0 radical (unpaired) electrons. The van der Waals surface area contributed by atoms with Crippen LogP contribution in [-0.2, 0) is 9.63 Å². The van der Waals surface area contributed by atoms with Crippen LogP contribution < -0.4 is 10.5 Å². The summed E-state index contributed by atoms with van der Waals surface area (Å²) in [5, 5.41) is 3.58. The lowest BCUT2D eigenvalue weighted by atomic mass is 10.0. The maximum Gasteiger partial charge on any atom is 0.372 e. The third-order valence-corrected chi connectivity index (χ3v) is 3.13. The van der Waals surface area contributed by atoms with Gasteiger partial charge in [-0.1, -0.05) is 31.1 Å². The Balaban J connectivity index is 1.83. The van der Waals surface area contributed by atoms with Gasteiger partial charge in [0.2, 0.25) is 0 Å². The van der Waals surface area contributed by atoms with Crippen LogP contribution in [0.25, 0.3) is 0 Å². The number of aromatic nitrogens is 1. The fourth-order valence-corrected chi connectivity index (χ4v) is 1.79. The largest absolute Gasteiger partial charge is 0.482 e.